The first-order valence-corrected chi connectivity index (χ1v) is 5.14. The van der Waals surface area contributed by atoms with Crippen molar-refractivity contribution in [1.29, 1.82) is 0 Å². The smallest absolute Gasteiger partial charge is 0.271 e. The van der Waals surface area contributed by atoms with E-state index in [1.165, 1.54) is 24.5 Å². The van der Waals surface area contributed by atoms with Gasteiger partial charge >= 0.3 is 12.4 Å². The van der Waals surface area contributed by atoms with Crippen molar-refractivity contribution in [3.63, 3.8) is 0 Å². The number of nitrogens with one attached hydrogen (secondary N) is 1. The molecule has 1 heterocycles. The van der Waals surface area contributed by atoms with Crippen LogP contribution in [0.1, 0.15) is 5.56 Å². The van der Waals surface area contributed by atoms with Gasteiger partial charge in [-0.2, -0.15) is 26.3 Å². The number of pyridine rings is 1. The van der Waals surface area contributed by atoms with Crippen molar-refractivity contribution in [2.24, 2.45) is 11.8 Å². The van der Waals surface area contributed by atoms with Gasteiger partial charge in [-0.25, -0.2) is 0 Å². The first kappa shape index (κ1) is 15.7. The molecule has 0 aliphatic carbocycles. The highest BCUT2D eigenvalue weighted by Gasteiger charge is 2.59. The first-order chi connectivity index (χ1) is 8.66. The Morgan fingerprint density at radius 3 is 1.89 bits per heavy atom. The molecule has 1 aromatic rings. The fourth-order valence-electron chi connectivity index (χ4n) is 1.69. The number of hydrogen-bond acceptors (Lipinski definition) is 3. The highest BCUT2D eigenvalue weighted by molar-refractivity contribution is 5.12. The van der Waals surface area contributed by atoms with Crippen LogP contribution >= 0.6 is 0 Å². The lowest BCUT2D eigenvalue weighted by Crippen LogP contribution is -2.54. The van der Waals surface area contributed by atoms with Crippen LogP contribution in [-0.4, -0.2) is 23.4 Å². The third-order valence-electron chi connectivity index (χ3n) is 2.53. The predicted molar refractivity (Wildman–Crippen MR) is 54.7 cm³/mol. The van der Waals surface area contributed by atoms with E-state index in [1.54, 1.807) is 5.43 Å². The molecule has 0 aliphatic heterocycles. The molecule has 0 spiro atoms. The van der Waals surface area contributed by atoms with Gasteiger partial charge in [0.1, 0.15) is 0 Å². The summed E-state index contributed by atoms with van der Waals surface area (Å²) in [5.74, 6) is 1.32. The molecule has 3 nitrogen and oxygen atoms in total. The third kappa shape index (κ3) is 4.35. The van der Waals surface area contributed by atoms with E-state index in [1.807, 2.05) is 0 Å². The van der Waals surface area contributed by atoms with Gasteiger partial charge < -0.3 is 0 Å². The van der Waals surface area contributed by atoms with Crippen LogP contribution in [0, 0.1) is 5.92 Å². The normalized spacial score (nSPS) is 14.7. The number of nitrogens with zero attached hydrogens (tertiary/aromatic N) is 1. The predicted octanol–water partition coefficient (Wildman–Crippen LogP) is 2.20. The molecule has 0 amide bonds. The Balaban J connectivity index is 2.98. The summed E-state index contributed by atoms with van der Waals surface area (Å²) < 4.78 is 75.2. The summed E-state index contributed by atoms with van der Waals surface area (Å²) in [7, 11) is 0. The average Bonchev–Trinajstić information content (AvgIpc) is 2.25. The molecule has 19 heavy (non-hydrogen) atoms. The van der Waals surface area contributed by atoms with Crippen molar-refractivity contribution in [1.82, 2.24) is 10.4 Å². The highest BCUT2D eigenvalue weighted by atomic mass is 19.4. The molecule has 0 fully saturated rings. The standard InChI is InChI=1S/C10H11F6N3/c11-9(12,13)8(10(14,15)16)7(19-17)5-6-1-3-18-4-2-6/h1-4,7-8,19H,5,17H2. The van der Waals surface area contributed by atoms with E-state index in [0.717, 1.165) is 0 Å². The van der Waals surface area contributed by atoms with Crippen molar-refractivity contribution >= 4 is 0 Å². The minimum Gasteiger partial charge on any atom is -0.271 e. The fourth-order valence-corrected chi connectivity index (χ4v) is 1.69. The second kappa shape index (κ2) is 5.74. The average molecular weight is 287 g/mol. The van der Waals surface area contributed by atoms with Gasteiger partial charge in [-0.3, -0.25) is 16.3 Å². The SMILES string of the molecule is NNC(Cc1ccncc1)C(C(F)(F)F)C(F)(F)F. The van der Waals surface area contributed by atoms with E-state index < -0.39 is 30.7 Å². The molecule has 1 atom stereocenters. The Hall–Kier alpha value is -1.35. The van der Waals surface area contributed by atoms with Gasteiger partial charge in [-0.05, 0) is 24.1 Å². The Morgan fingerprint density at radius 2 is 1.53 bits per heavy atom. The molecule has 108 valence electrons. The second-order valence-electron chi connectivity index (χ2n) is 3.89. The van der Waals surface area contributed by atoms with Gasteiger partial charge in [0.25, 0.3) is 0 Å². The topological polar surface area (TPSA) is 50.9 Å². The van der Waals surface area contributed by atoms with Gasteiger partial charge in [0.15, 0.2) is 5.92 Å². The van der Waals surface area contributed by atoms with Crippen LogP contribution in [0.25, 0.3) is 0 Å². The Bertz CT molecular complexity index is 374. The number of nitrogens with two attached hydrogens (primary N) is 1. The number of hydrogen-bond donors (Lipinski definition) is 2. The summed E-state index contributed by atoms with van der Waals surface area (Å²) in [5.41, 5.74) is 1.88. The quantitative estimate of drug-likeness (QED) is 0.507. The lowest BCUT2D eigenvalue weighted by atomic mass is 9.93. The van der Waals surface area contributed by atoms with Crippen LogP contribution in [0.4, 0.5) is 26.3 Å². The number of halogens is 6. The lowest BCUT2D eigenvalue weighted by molar-refractivity contribution is -0.291. The van der Waals surface area contributed by atoms with Crippen LogP contribution in [0.2, 0.25) is 0 Å². The van der Waals surface area contributed by atoms with Crippen LogP contribution in [0.15, 0.2) is 24.5 Å². The summed E-state index contributed by atoms with van der Waals surface area (Å²) in [6.45, 7) is 0. The Kier molecular flexibility index (Phi) is 4.75. The molecule has 1 rings (SSSR count). The number of alkyl halides is 6. The van der Waals surface area contributed by atoms with Crippen molar-refractivity contribution in [2.45, 2.75) is 24.8 Å². The number of aromatic nitrogens is 1. The molecule has 0 radical (unpaired) electrons. The molecule has 0 saturated carbocycles. The van der Waals surface area contributed by atoms with Crippen molar-refractivity contribution in [3.8, 4) is 0 Å². The van der Waals surface area contributed by atoms with Crippen LogP contribution in [-0.2, 0) is 6.42 Å². The molecular formula is C10H11F6N3. The van der Waals surface area contributed by atoms with Gasteiger partial charge in [-0.15, -0.1) is 0 Å². The molecule has 0 bridgehead atoms. The maximum Gasteiger partial charge on any atom is 0.402 e. The summed E-state index contributed by atoms with van der Waals surface area (Å²) in [6, 6.07) is 0.657. The molecule has 0 aliphatic rings. The van der Waals surface area contributed by atoms with E-state index in [0.29, 0.717) is 0 Å². The minimum absolute atomic E-state index is 0.274. The lowest BCUT2D eigenvalue weighted by Gasteiger charge is -2.30. The Labute approximate surface area is 104 Å². The zero-order valence-corrected chi connectivity index (χ0v) is 9.46. The molecule has 1 aromatic heterocycles. The number of hydrazine groups is 1. The fraction of sp³-hybridized carbons (Fsp3) is 0.500. The third-order valence-corrected chi connectivity index (χ3v) is 2.53. The van der Waals surface area contributed by atoms with Gasteiger partial charge in [0.05, 0.1) is 0 Å². The zero-order chi connectivity index (χ0) is 14.7. The summed E-state index contributed by atoms with van der Waals surface area (Å²) in [4.78, 5) is 3.62. The molecule has 0 saturated heterocycles. The van der Waals surface area contributed by atoms with Crippen molar-refractivity contribution < 1.29 is 26.3 Å². The van der Waals surface area contributed by atoms with Gasteiger partial charge in [-0.1, -0.05) is 0 Å². The molecule has 3 N–H and O–H groups in total. The molecule has 0 aromatic carbocycles. The largest absolute Gasteiger partial charge is 0.402 e. The Morgan fingerprint density at radius 1 is 1.05 bits per heavy atom. The maximum absolute atomic E-state index is 12.5. The van der Waals surface area contributed by atoms with Crippen molar-refractivity contribution in [2.75, 3.05) is 0 Å². The van der Waals surface area contributed by atoms with Crippen LogP contribution < -0.4 is 11.3 Å². The van der Waals surface area contributed by atoms with E-state index in [4.69, 9.17) is 5.84 Å². The van der Waals surface area contributed by atoms with Crippen molar-refractivity contribution in [3.05, 3.63) is 30.1 Å². The second-order valence-corrected chi connectivity index (χ2v) is 3.89. The zero-order valence-electron chi connectivity index (χ0n) is 9.46. The van der Waals surface area contributed by atoms with E-state index >= 15 is 0 Å². The van der Waals surface area contributed by atoms with E-state index in [-0.39, 0.29) is 5.56 Å². The van der Waals surface area contributed by atoms with Crippen LogP contribution in [0.5, 0.6) is 0 Å². The van der Waals surface area contributed by atoms with Gasteiger partial charge in [0, 0.05) is 18.4 Å². The molecule has 9 heteroatoms. The van der Waals surface area contributed by atoms with Gasteiger partial charge in [0.2, 0.25) is 0 Å². The summed E-state index contributed by atoms with van der Waals surface area (Å²) in [5, 5.41) is 0. The molecular weight excluding hydrogens is 276 g/mol. The number of rotatable bonds is 4. The first-order valence-electron chi connectivity index (χ1n) is 5.14. The van der Waals surface area contributed by atoms with E-state index in [2.05, 4.69) is 4.98 Å². The van der Waals surface area contributed by atoms with E-state index in [9.17, 15) is 26.3 Å². The van der Waals surface area contributed by atoms with Crippen LogP contribution in [0.3, 0.4) is 0 Å². The summed E-state index contributed by atoms with van der Waals surface area (Å²) in [6.07, 6.45) is -8.81. The highest BCUT2D eigenvalue weighted by Crippen LogP contribution is 2.41. The maximum atomic E-state index is 12.5. The minimum atomic E-state index is -5.43. The summed E-state index contributed by atoms with van der Waals surface area (Å²) >= 11 is 0. The monoisotopic (exact) mass is 287 g/mol. The molecule has 1 unspecified atom stereocenters.